The fraction of sp³-hybridized carbons (Fsp3) is 0.455. The molecule has 0 aliphatic carbocycles. The molecular weight excluding hydrogens is 505 g/mol. The number of oxazole rings is 1. The lowest BCUT2D eigenvalue weighted by Gasteiger charge is -2.25. The summed E-state index contributed by atoms with van der Waals surface area (Å²) >= 11 is 0. The van der Waals surface area contributed by atoms with Gasteiger partial charge in [-0.05, 0) is 32.4 Å². The molecule has 31 heavy (non-hydrogen) atoms. The first-order chi connectivity index (χ1) is 14.6. The number of benzene rings is 1. The zero-order chi connectivity index (χ0) is 20.9. The van der Waals surface area contributed by atoms with Gasteiger partial charge in [0.1, 0.15) is 17.8 Å². The van der Waals surface area contributed by atoms with E-state index in [1.807, 2.05) is 16.8 Å². The quantitative estimate of drug-likeness (QED) is 0.285. The lowest BCUT2D eigenvalue weighted by molar-refractivity contribution is 0.392. The van der Waals surface area contributed by atoms with E-state index in [0.717, 1.165) is 61.2 Å². The third kappa shape index (κ3) is 5.84. The van der Waals surface area contributed by atoms with Gasteiger partial charge in [-0.15, -0.1) is 24.0 Å². The van der Waals surface area contributed by atoms with Gasteiger partial charge >= 0.3 is 0 Å². The molecule has 9 heteroatoms. The molecule has 8 nitrogen and oxygen atoms in total. The van der Waals surface area contributed by atoms with Crippen LogP contribution in [-0.2, 0) is 25.9 Å². The maximum absolute atomic E-state index is 5.65. The average Bonchev–Trinajstić information content (AvgIpc) is 3.39. The van der Waals surface area contributed by atoms with Crippen molar-refractivity contribution in [1.82, 2.24) is 30.4 Å². The largest absolute Gasteiger partial charge is 0.444 e. The minimum atomic E-state index is 0. The molecule has 3 heterocycles. The molecule has 1 aromatic carbocycles. The molecule has 2 N–H and O–H groups in total. The topological polar surface area (TPSA) is 93.2 Å². The van der Waals surface area contributed by atoms with Crippen molar-refractivity contribution < 1.29 is 4.42 Å². The van der Waals surface area contributed by atoms with Crippen LogP contribution in [0, 0.1) is 6.92 Å². The van der Waals surface area contributed by atoms with Gasteiger partial charge in [0, 0.05) is 31.0 Å². The van der Waals surface area contributed by atoms with E-state index in [0.29, 0.717) is 12.4 Å². The number of rotatable bonds is 6. The number of nitrogens with one attached hydrogen (secondary N) is 2. The Morgan fingerprint density at radius 2 is 2.03 bits per heavy atom. The van der Waals surface area contributed by atoms with Crippen LogP contribution in [0.25, 0.3) is 11.5 Å². The molecule has 0 saturated carbocycles. The fourth-order valence-corrected chi connectivity index (χ4v) is 3.51. The smallest absolute Gasteiger partial charge is 0.226 e. The number of guanidine groups is 1. The van der Waals surface area contributed by atoms with Gasteiger partial charge < -0.3 is 15.1 Å². The Labute approximate surface area is 200 Å². The molecule has 1 atom stereocenters. The van der Waals surface area contributed by atoms with E-state index in [-0.39, 0.29) is 30.0 Å². The van der Waals surface area contributed by atoms with E-state index < -0.39 is 0 Å². The molecule has 1 unspecified atom stereocenters. The zero-order valence-electron chi connectivity index (χ0n) is 18.3. The van der Waals surface area contributed by atoms with Crippen LogP contribution in [-0.4, -0.2) is 38.3 Å². The van der Waals surface area contributed by atoms with Gasteiger partial charge in [0.05, 0.1) is 13.1 Å². The molecule has 4 rings (SSSR count). The first-order valence-electron chi connectivity index (χ1n) is 10.6. The predicted molar refractivity (Wildman–Crippen MR) is 132 cm³/mol. The van der Waals surface area contributed by atoms with Crippen LogP contribution in [0.1, 0.15) is 43.2 Å². The second kappa shape index (κ2) is 10.7. The molecule has 166 valence electrons. The Kier molecular flexibility index (Phi) is 8.05. The molecule has 0 fully saturated rings. The van der Waals surface area contributed by atoms with Gasteiger partial charge in [0.15, 0.2) is 11.8 Å². The Balaban J connectivity index is 0.00000272. The summed E-state index contributed by atoms with van der Waals surface area (Å²) < 4.78 is 7.67. The van der Waals surface area contributed by atoms with Crippen LogP contribution in [0.3, 0.4) is 0 Å². The van der Waals surface area contributed by atoms with Gasteiger partial charge in [-0.1, -0.05) is 24.6 Å². The highest BCUT2D eigenvalue weighted by molar-refractivity contribution is 14.0. The molecule has 3 aromatic rings. The molecule has 0 radical (unpaired) electrons. The van der Waals surface area contributed by atoms with Crippen molar-refractivity contribution >= 4 is 29.9 Å². The van der Waals surface area contributed by atoms with E-state index in [2.05, 4.69) is 58.6 Å². The van der Waals surface area contributed by atoms with Crippen LogP contribution < -0.4 is 10.6 Å². The average molecular weight is 535 g/mol. The highest BCUT2D eigenvalue weighted by Crippen LogP contribution is 2.19. The van der Waals surface area contributed by atoms with Crippen LogP contribution in [0.4, 0.5) is 0 Å². The SMILES string of the molecule is CCNC(=NCc1coc(-c2ccc(C)cc2)n1)NC1CCc2nc(CC)nn2C1.I. The third-order valence-corrected chi connectivity index (χ3v) is 5.15. The Bertz CT molecular complexity index is 1010. The van der Waals surface area contributed by atoms with Crippen molar-refractivity contribution in [3.8, 4) is 11.5 Å². The second-order valence-corrected chi connectivity index (χ2v) is 7.57. The summed E-state index contributed by atoms with van der Waals surface area (Å²) in [6, 6.07) is 8.41. The highest BCUT2D eigenvalue weighted by Gasteiger charge is 2.22. The summed E-state index contributed by atoms with van der Waals surface area (Å²) in [5, 5.41) is 11.4. The van der Waals surface area contributed by atoms with Gasteiger partial charge in [-0.2, -0.15) is 5.10 Å². The number of nitrogens with zero attached hydrogens (tertiary/aromatic N) is 5. The van der Waals surface area contributed by atoms with E-state index in [1.165, 1.54) is 5.56 Å². The number of aliphatic imine (C=N–C) groups is 1. The van der Waals surface area contributed by atoms with Crippen molar-refractivity contribution in [2.75, 3.05) is 6.54 Å². The summed E-state index contributed by atoms with van der Waals surface area (Å²) in [5.41, 5.74) is 2.99. The number of hydrogen-bond acceptors (Lipinski definition) is 5. The molecule has 0 bridgehead atoms. The van der Waals surface area contributed by atoms with Gasteiger partial charge in [-0.25, -0.2) is 19.6 Å². The molecule has 0 amide bonds. The number of aryl methyl sites for hydroxylation is 3. The molecule has 0 saturated heterocycles. The van der Waals surface area contributed by atoms with Crippen LogP contribution in [0.2, 0.25) is 0 Å². The summed E-state index contributed by atoms with van der Waals surface area (Å²) in [7, 11) is 0. The summed E-state index contributed by atoms with van der Waals surface area (Å²) in [6.07, 6.45) is 4.47. The van der Waals surface area contributed by atoms with E-state index in [4.69, 9.17) is 9.41 Å². The molecule has 0 spiro atoms. The monoisotopic (exact) mass is 535 g/mol. The minimum Gasteiger partial charge on any atom is -0.444 e. The molecule has 2 aromatic heterocycles. The number of aromatic nitrogens is 4. The lowest BCUT2D eigenvalue weighted by Crippen LogP contribution is -2.47. The lowest BCUT2D eigenvalue weighted by atomic mass is 10.1. The molecular formula is C22H30IN7O. The normalized spacial score (nSPS) is 15.8. The van der Waals surface area contributed by atoms with Crippen LogP contribution in [0.5, 0.6) is 0 Å². The van der Waals surface area contributed by atoms with Crippen molar-refractivity contribution in [2.24, 2.45) is 4.99 Å². The predicted octanol–water partition coefficient (Wildman–Crippen LogP) is 3.49. The van der Waals surface area contributed by atoms with Crippen molar-refractivity contribution in [2.45, 2.75) is 59.2 Å². The van der Waals surface area contributed by atoms with E-state index in [1.54, 1.807) is 6.26 Å². The number of hydrogen-bond donors (Lipinski definition) is 2. The maximum Gasteiger partial charge on any atom is 0.226 e. The second-order valence-electron chi connectivity index (χ2n) is 7.57. The van der Waals surface area contributed by atoms with Crippen molar-refractivity contribution in [3.05, 3.63) is 53.4 Å². The summed E-state index contributed by atoms with van der Waals surface area (Å²) in [4.78, 5) is 13.9. The van der Waals surface area contributed by atoms with Gasteiger partial charge in [-0.3, -0.25) is 0 Å². The first kappa shape index (κ1) is 23.2. The van der Waals surface area contributed by atoms with Crippen molar-refractivity contribution in [3.63, 3.8) is 0 Å². The number of halogens is 1. The van der Waals surface area contributed by atoms with Crippen LogP contribution >= 0.6 is 24.0 Å². The van der Waals surface area contributed by atoms with Gasteiger partial charge in [0.25, 0.3) is 0 Å². The standard InChI is InChI=1S/C22H29N7O.HI/c1-4-19-27-20-11-10-17(13-29(20)28-19)26-22(23-5-2)24-12-18-14-30-21(25-18)16-8-6-15(3)7-9-16;/h6-9,14,17H,4-5,10-13H2,1-3H3,(H2,23,24,26);1H. The van der Waals surface area contributed by atoms with E-state index >= 15 is 0 Å². The Morgan fingerprint density at radius 3 is 2.77 bits per heavy atom. The first-order valence-corrected chi connectivity index (χ1v) is 10.6. The Hall–Kier alpha value is -2.43. The highest BCUT2D eigenvalue weighted by atomic mass is 127. The maximum atomic E-state index is 5.65. The zero-order valence-corrected chi connectivity index (χ0v) is 20.6. The van der Waals surface area contributed by atoms with Crippen LogP contribution in [0.15, 0.2) is 39.9 Å². The Morgan fingerprint density at radius 1 is 1.23 bits per heavy atom. The molecule has 1 aliphatic heterocycles. The third-order valence-electron chi connectivity index (χ3n) is 5.15. The summed E-state index contributed by atoms with van der Waals surface area (Å²) in [6.45, 7) is 8.25. The fourth-order valence-electron chi connectivity index (χ4n) is 3.51. The van der Waals surface area contributed by atoms with Crippen molar-refractivity contribution in [1.29, 1.82) is 0 Å². The van der Waals surface area contributed by atoms with E-state index in [9.17, 15) is 0 Å². The van der Waals surface area contributed by atoms with Gasteiger partial charge in [0.2, 0.25) is 5.89 Å². The molecule has 1 aliphatic rings. The summed E-state index contributed by atoms with van der Waals surface area (Å²) in [5.74, 6) is 3.40. The minimum absolute atomic E-state index is 0. The number of fused-ring (bicyclic) bond motifs is 1.